The first-order chi connectivity index (χ1) is 34.6. The maximum Gasteiger partial charge on any atom is 0.0680 e. The molecule has 2 atom stereocenters. The van der Waals surface area contributed by atoms with Gasteiger partial charge in [-0.05, 0) is 162 Å². The summed E-state index contributed by atoms with van der Waals surface area (Å²) in [6.45, 7) is 12.1. The van der Waals surface area contributed by atoms with E-state index in [0.717, 1.165) is 47.0 Å². The summed E-state index contributed by atoms with van der Waals surface area (Å²) in [5, 5.41) is 0. The van der Waals surface area contributed by atoms with Gasteiger partial charge in [-0.1, -0.05) is 161 Å². The van der Waals surface area contributed by atoms with Gasteiger partial charge in [0.1, 0.15) is 0 Å². The largest absolute Gasteiger partial charge is 0.331 e. The standard InChI is InChI=1S/C67H60N4/c1-65(2)58-30-18-20-32-61(58)70(52-26-14-8-15-27-52)62-43-42-56(46-60(62)65)68(50-22-10-6-11-23-50)53-38-34-48(35-39-53)49-36-40-54(41-37-49)69(51-24-12-7-13-25-51)57-44-45-67(5)64(47-57)66(3,4)59-31-19-21-33-63(59)71(67)55-28-16-9-17-29-55/h6-18,20-30,32-47,64H,19,31H2,1-5H3. The molecule has 12 rings (SSSR count). The Bertz CT molecular complexity index is 3370. The Kier molecular flexibility index (Phi) is 10.8. The normalized spacial score (nSPS) is 19.2. The van der Waals surface area contributed by atoms with Crippen LogP contribution in [0.25, 0.3) is 11.1 Å². The van der Waals surface area contributed by atoms with Gasteiger partial charge in [-0.15, -0.1) is 0 Å². The lowest BCUT2D eigenvalue weighted by Gasteiger charge is -2.58. The number of para-hydroxylation sites is 5. The van der Waals surface area contributed by atoms with Crippen molar-refractivity contribution in [2.45, 2.75) is 58.4 Å². The molecule has 2 unspecified atom stereocenters. The number of allylic oxidation sites excluding steroid dienone is 4. The van der Waals surface area contributed by atoms with Gasteiger partial charge in [-0.25, -0.2) is 0 Å². The molecule has 8 aromatic rings. The molecule has 0 N–H and O–H groups in total. The molecule has 2 aliphatic carbocycles. The van der Waals surface area contributed by atoms with E-state index < -0.39 is 0 Å². The second-order valence-electron chi connectivity index (χ2n) is 20.8. The minimum Gasteiger partial charge on any atom is -0.331 e. The molecule has 4 heteroatoms. The van der Waals surface area contributed by atoms with Gasteiger partial charge >= 0.3 is 0 Å². The summed E-state index contributed by atoms with van der Waals surface area (Å²) in [5.74, 6) is 0.216. The Hall–Kier alpha value is -8.08. The van der Waals surface area contributed by atoms with Gasteiger partial charge in [0.15, 0.2) is 0 Å². The van der Waals surface area contributed by atoms with Crippen molar-refractivity contribution in [3.8, 4) is 11.1 Å². The zero-order valence-corrected chi connectivity index (χ0v) is 41.4. The van der Waals surface area contributed by atoms with Crippen LogP contribution in [-0.2, 0) is 5.41 Å². The van der Waals surface area contributed by atoms with Crippen molar-refractivity contribution in [2.24, 2.45) is 11.3 Å². The number of fused-ring (bicyclic) bond motifs is 3. The Balaban J connectivity index is 0.884. The topological polar surface area (TPSA) is 13.0 Å². The third-order valence-corrected chi connectivity index (χ3v) is 15.9. The summed E-state index contributed by atoms with van der Waals surface area (Å²) in [4.78, 5) is 9.85. The highest BCUT2D eigenvalue weighted by Crippen LogP contribution is 2.58. The van der Waals surface area contributed by atoms with Gasteiger partial charge < -0.3 is 19.6 Å². The first-order valence-electron chi connectivity index (χ1n) is 25.3. The van der Waals surface area contributed by atoms with E-state index in [1.165, 1.54) is 50.7 Å². The minimum absolute atomic E-state index is 0.0586. The van der Waals surface area contributed by atoms with Crippen molar-refractivity contribution < 1.29 is 0 Å². The van der Waals surface area contributed by atoms with E-state index in [-0.39, 0.29) is 22.3 Å². The fourth-order valence-electron chi connectivity index (χ4n) is 12.3. The van der Waals surface area contributed by atoms with Crippen LogP contribution in [0.15, 0.2) is 260 Å². The molecule has 71 heavy (non-hydrogen) atoms. The SMILES string of the molecule is CC1(C)c2ccccc2N(c2ccccc2)c2ccc(N(c3ccccc3)c3ccc(-c4ccc(N(C5=CC6C(C)(C)C7=C(C=CCC7)N(c7ccccc7)C6(C)C=C5)c5ccccc5)cc4)cc3)cc21. The predicted octanol–water partition coefficient (Wildman–Crippen LogP) is 18.0. The molecule has 0 spiro atoms. The van der Waals surface area contributed by atoms with Gasteiger partial charge in [0.25, 0.3) is 0 Å². The summed E-state index contributed by atoms with van der Waals surface area (Å²) >= 11 is 0. The Morgan fingerprint density at radius 2 is 0.972 bits per heavy atom. The molecule has 4 aliphatic rings. The zero-order valence-electron chi connectivity index (χ0n) is 41.4. The highest BCUT2D eigenvalue weighted by molar-refractivity contribution is 5.89. The molecule has 8 aromatic carbocycles. The van der Waals surface area contributed by atoms with Crippen LogP contribution in [0.5, 0.6) is 0 Å². The van der Waals surface area contributed by atoms with E-state index in [9.17, 15) is 0 Å². The average molecular weight is 921 g/mol. The highest BCUT2D eigenvalue weighted by atomic mass is 15.2. The van der Waals surface area contributed by atoms with Crippen molar-refractivity contribution in [3.63, 3.8) is 0 Å². The Morgan fingerprint density at radius 3 is 1.61 bits per heavy atom. The number of nitrogens with zero attached hydrogens (tertiary/aromatic N) is 4. The van der Waals surface area contributed by atoms with Crippen molar-refractivity contribution in [2.75, 3.05) is 19.6 Å². The molecular formula is C67H60N4. The van der Waals surface area contributed by atoms with Crippen molar-refractivity contribution >= 4 is 51.2 Å². The van der Waals surface area contributed by atoms with Crippen molar-refractivity contribution in [1.29, 1.82) is 0 Å². The van der Waals surface area contributed by atoms with Crippen LogP contribution in [0.4, 0.5) is 51.2 Å². The Morgan fingerprint density at radius 1 is 0.465 bits per heavy atom. The number of hydrogen-bond donors (Lipinski definition) is 0. The lowest BCUT2D eigenvalue weighted by atomic mass is 9.58. The third-order valence-electron chi connectivity index (χ3n) is 15.9. The lowest BCUT2D eigenvalue weighted by Crippen LogP contribution is -2.59. The molecule has 0 saturated heterocycles. The van der Waals surface area contributed by atoms with E-state index in [1.54, 1.807) is 5.57 Å². The molecule has 2 aliphatic heterocycles. The van der Waals surface area contributed by atoms with E-state index in [1.807, 2.05) is 0 Å². The lowest BCUT2D eigenvalue weighted by molar-refractivity contribution is 0.203. The average Bonchev–Trinajstić information content (AvgIpc) is 3.41. The van der Waals surface area contributed by atoms with Crippen LogP contribution >= 0.6 is 0 Å². The summed E-state index contributed by atoms with van der Waals surface area (Å²) < 4.78 is 0. The van der Waals surface area contributed by atoms with Gasteiger partial charge in [-0.3, -0.25) is 0 Å². The monoisotopic (exact) mass is 920 g/mol. The van der Waals surface area contributed by atoms with E-state index >= 15 is 0 Å². The predicted molar refractivity (Wildman–Crippen MR) is 299 cm³/mol. The van der Waals surface area contributed by atoms with E-state index in [0.29, 0.717) is 0 Å². The van der Waals surface area contributed by atoms with Crippen LogP contribution in [0.1, 0.15) is 58.6 Å². The first-order valence-corrected chi connectivity index (χ1v) is 25.3. The van der Waals surface area contributed by atoms with Gasteiger partial charge in [0.2, 0.25) is 0 Å². The summed E-state index contributed by atoms with van der Waals surface area (Å²) in [6, 6.07) is 77.4. The summed E-state index contributed by atoms with van der Waals surface area (Å²) in [5.41, 5.74) is 18.9. The molecule has 0 fully saturated rings. The van der Waals surface area contributed by atoms with E-state index in [4.69, 9.17) is 0 Å². The van der Waals surface area contributed by atoms with Crippen LogP contribution in [-0.4, -0.2) is 5.54 Å². The molecule has 0 aromatic heterocycles. The molecule has 348 valence electrons. The van der Waals surface area contributed by atoms with Crippen molar-refractivity contribution in [1.82, 2.24) is 0 Å². The summed E-state index contributed by atoms with van der Waals surface area (Å²) in [7, 11) is 0. The molecule has 4 nitrogen and oxygen atoms in total. The number of hydrogen-bond acceptors (Lipinski definition) is 4. The Labute approximate surface area is 420 Å². The quantitative estimate of drug-likeness (QED) is 0.143. The van der Waals surface area contributed by atoms with Gasteiger partial charge in [0, 0.05) is 62.5 Å². The van der Waals surface area contributed by atoms with Gasteiger partial charge in [-0.2, -0.15) is 0 Å². The fraction of sp³-hybridized carbons (Fsp3) is 0.164. The first kappa shape index (κ1) is 44.1. The molecule has 0 radical (unpaired) electrons. The molecule has 2 heterocycles. The second kappa shape index (κ2) is 17.4. The number of anilines is 9. The molecular weight excluding hydrogens is 861 g/mol. The summed E-state index contributed by atoms with van der Waals surface area (Å²) in [6.07, 6.45) is 14.3. The van der Waals surface area contributed by atoms with E-state index in [2.05, 4.69) is 297 Å². The highest BCUT2D eigenvalue weighted by Gasteiger charge is 2.53. The van der Waals surface area contributed by atoms with Crippen LogP contribution in [0.2, 0.25) is 0 Å². The maximum absolute atomic E-state index is 2.61. The van der Waals surface area contributed by atoms with Crippen LogP contribution in [0, 0.1) is 11.3 Å². The third kappa shape index (κ3) is 7.44. The fourth-order valence-corrected chi connectivity index (χ4v) is 12.3. The maximum atomic E-state index is 2.61. The van der Waals surface area contributed by atoms with Gasteiger partial charge in [0.05, 0.1) is 16.9 Å². The second-order valence-corrected chi connectivity index (χ2v) is 20.8. The zero-order chi connectivity index (χ0) is 48.3. The van der Waals surface area contributed by atoms with Crippen LogP contribution < -0.4 is 19.6 Å². The van der Waals surface area contributed by atoms with Crippen molar-refractivity contribution in [3.05, 3.63) is 271 Å². The number of benzene rings is 8. The smallest absolute Gasteiger partial charge is 0.0680 e. The van der Waals surface area contributed by atoms with Crippen LogP contribution in [0.3, 0.4) is 0 Å². The molecule has 0 bridgehead atoms. The number of rotatable bonds is 9. The minimum atomic E-state index is -0.268. The molecule has 0 amide bonds. The molecule has 0 saturated carbocycles.